The summed E-state index contributed by atoms with van der Waals surface area (Å²) in [5.41, 5.74) is 5.64. The molecule has 0 bridgehead atoms. The van der Waals surface area contributed by atoms with Gasteiger partial charge in [0.25, 0.3) is 0 Å². The highest BCUT2D eigenvalue weighted by Gasteiger charge is 2.07. The minimum atomic E-state index is 0.817. The average molecular weight is 337 g/mol. The summed E-state index contributed by atoms with van der Waals surface area (Å²) in [6.07, 6.45) is 4.09. The first-order valence-corrected chi connectivity index (χ1v) is 8.60. The summed E-state index contributed by atoms with van der Waals surface area (Å²) in [5, 5.41) is 1.11. The van der Waals surface area contributed by atoms with E-state index in [1.807, 2.05) is 30.5 Å². The van der Waals surface area contributed by atoms with Crippen LogP contribution in [0.2, 0.25) is 0 Å². The molecule has 0 aliphatic carbocycles. The van der Waals surface area contributed by atoms with Crippen molar-refractivity contribution in [1.82, 2.24) is 4.98 Å². The minimum Gasteiger partial charge on any atom is -0.497 e. The van der Waals surface area contributed by atoms with Crippen LogP contribution in [0.3, 0.4) is 0 Å². The maximum atomic E-state index is 5.33. The van der Waals surface area contributed by atoms with E-state index in [-0.39, 0.29) is 0 Å². The van der Waals surface area contributed by atoms with Crippen LogP contribution in [-0.2, 0) is 0 Å². The third-order valence-electron chi connectivity index (χ3n) is 4.45. The van der Waals surface area contributed by atoms with Crippen molar-refractivity contribution in [2.75, 3.05) is 7.11 Å². The largest absolute Gasteiger partial charge is 0.497 e. The van der Waals surface area contributed by atoms with Crippen LogP contribution < -0.4 is 4.74 Å². The van der Waals surface area contributed by atoms with Gasteiger partial charge in [-0.1, -0.05) is 60.7 Å². The Hall–Kier alpha value is -3.39. The number of methoxy groups -OCH3 is 1. The first-order chi connectivity index (χ1) is 12.8. The molecular formula is C24H19NO. The van der Waals surface area contributed by atoms with Crippen LogP contribution >= 0.6 is 0 Å². The molecule has 0 atom stereocenters. The minimum absolute atomic E-state index is 0.817. The van der Waals surface area contributed by atoms with E-state index in [1.165, 1.54) is 16.7 Å². The molecule has 26 heavy (non-hydrogen) atoms. The van der Waals surface area contributed by atoms with Crippen LogP contribution in [-0.4, -0.2) is 12.1 Å². The predicted molar refractivity (Wildman–Crippen MR) is 108 cm³/mol. The number of benzene rings is 3. The van der Waals surface area contributed by atoms with E-state index in [0.29, 0.717) is 0 Å². The summed E-state index contributed by atoms with van der Waals surface area (Å²) >= 11 is 0. The van der Waals surface area contributed by atoms with Crippen LogP contribution in [0.5, 0.6) is 5.75 Å². The highest BCUT2D eigenvalue weighted by molar-refractivity contribution is 5.98. The summed E-state index contributed by atoms with van der Waals surface area (Å²) in [6.45, 7) is 0. The lowest BCUT2D eigenvalue weighted by atomic mass is 9.95. The molecule has 0 radical (unpaired) electrons. The monoisotopic (exact) mass is 337 g/mol. The van der Waals surface area contributed by atoms with Crippen LogP contribution in [0.15, 0.2) is 91.1 Å². The van der Waals surface area contributed by atoms with Gasteiger partial charge in [0.1, 0.15) is 5.75 Å². The van der Waals surface area contributed by atoms with Gasteiger partial charge in [-0.15, -0.1) is 0 Å². The molecular weight excluding hydrogens is 318 g/mol. The fourth-order valence-corrected chi connectivity index (χ4v) is 3.13. The topological polar surface area (TPSA) is 22.1 Å². The van der Waals surface area contributed by atoms with E-state index < -0.39 is 0 Å². The Kier molecular flexibility index (Phi) is 4.48. The zero-order valence-electron chi connectivity index (χ0n) is 14.6. The Morgan fingerprint density at radius 3 is 2.08 bits per heavy atom. The quantitative estimate of drug-likeness (QED) is 0.467. The summed E-state index contributed by atoms with van der Waals surface area (Å²) < 4.78 is 5.33. The Morgan fingerprint density at radius 2 is 1.46 bits per heavy atom. The van der Waals surface area contributed by atoms with E-state index >= 15 is 0 Å². The van der Waals surface area contributed by atoms with Crippen LogP contribution in [0.4, 0.5) is 0 Å². The van der Waals surface area contributed by atoms with Crippen LogP contribution in [0.25, 0.3) is 22.6 Å². The van der Waals surface area contributed by atoms with Crippen molar-refractivity contribution < 1.29 is 4.74 Å². The Bertz CT molecular complexity index is 1010. The summed E-state index contributed by atoms with van der Waals surface area (Å²) in [7, 11) is 1.67. The lowest BCUT2D eigenvalue weighted by Crippen LogP contribution is -1.90. The summed E-state index contributed by atoms with van der Waals surface area (Å²) in [6, 6.07) is 29.0. The molecule has 0 saturated heterocycles. The number of ether oxygens (including phenoxy) is 1. The molecule has 2 heteroatoms. The highest BCUT2D eigenvalue weighted by atomic mass is 16.5. The van der Waals surface area contributed by atoms with Gasteiger partial charge in [0, 0.05) is 17.6 Å². The maximum absolute atomic E-state index is 5.33. The zero-order chi connectivity index (χ0) is 17.8. The second-order valence-corrected chi connectivity index (χ2v) is 6.07. The molecule has 0 unspecified atom stereocenters. The molecule has 0 aliphatic heterocycles. The second-order valence-electron chi connectivity index (χ2n) is 6.07. The highest BCUT2D eigenvalue weighted by Crippen LogP contribution is 2.29. The van der Waals surface area contributed by atoms with E-state index in [9.17, 15) is 0 Å². The molecule has 2 nitrogen and oxygen atoms in total. The molecule has 3 aromatic carbocycles. The van der Waals surface area contributed by atoms with E-state index in [2.05, 4.69) is 71.7 Å². The van der Waals surface area contributed by atoms with Gasteiger partial charge in [-0.3, -0.25) is 4.98 Å². The standard InChI is InChI=1S/C24H19NO/c1-26-21-12-13-22-20(14-15-25-24(22)17-21)16-23(18-8-4-2-5-9-18)19-10-6-3-7-11-19/h2-17H,1H3. The van der Waals surface area contributed by atoms with Crippen molar-refractivity contribution in [1.29, 1.82) is 0 Å². The van der Waals surface area contributed by atoms with Crippen molar-refractivity contribution >= 4 is 22.6 Å². The average Bonchev–Trinajstić information content (AvgIpc) is 2.73. The Morgan fingerprint density at radius 1 is 0.808 bits per heavy atom. The molecule has 0 amide bonds. The molecule has 0 N–H and O–H groups in total. The van der Waals surface area contributed by atoms with Crippen molar-refractivity contribution in [3.63, 3.8) is 0 Å². The van der Waals surface area contributed by atoms with Crippen LogP contribution in [0.1, 0.15) is 16.7 Å². The Balaban J connectivity index is 1.92. The van der Waals surface area contributed by atoms with E-state index in [0.717, 1.165) is 22.2 Å². The zero-order valence-corrected chi connectivity index (χ0v) is 14.6. The smallest absolute Gasteiger partial charge is 0.121 e. The van der Waals surface area contributed by atoms with Gasteiger partial charge in [0.05, 0.1) is 12.6 Å². The number of aromatic nitrogens is 1. The maximum Gasteiger partial charge on any atom is 0.121 e. The number of nitrogens with zero attached hydrogens (tertiary/aromatic N) is 1. The van der Waals surface area contributed by atoms with Gasteiger partial charge in [-0.25, -0.2) is 0 Å². The molecule has 0 aliphatic rings. The molecule has 4 rings (SSSR count). The van der Waals surface area contributed by atoms with E-state index in [4.69, 9.17) is 4.74 Å². The number of fused-ring (bicyclic) bond motifs is 1. The fourth-order valence-electron chi connectivity index (χ4n) is 3.13. The molecule has 0 saturated carbocycles. The molecule has 0 fully saturated rings. The number of hydrogen-bond acceptors (Lipinski definition) is 2. The van der Waals surface area contributed by atoms with Gasteiger partial charge >= 0.3 is 0 Å². The molecule has 1 aromatic heterocycles. The summed E-state index contributed by atoms with van der Waals surface area (Å²) in [4.78, 5) is 4.49. The van der Waals surface area contributed by atoms with Gasteiger partial charge in [-0.05, 0) is 46.5 Å². The van der Waals surface area contributed by atoms with Crippen molar-refractivity contribution in [2.45, 2.75) is 0 Å². The first kappa shape index (κ1) is 16.1. The molecule has 1 heterocycles. The third-order valence-corrected chi connectivity index (χ3v) is 4.45. The second kappa shape index (κ2) is 7.24. The van der Waals surface area contributed by atoms with E-state index in [1.54, 1.807) is 7.11 Å². The van der Waals surface area contributed by atoms with Gasteiger partial charge in [0.15, 0.2) is 0 Å². The lowest BCUT2D eigenvalue weighted by molar-refractivity contribution is 0.415. The van der Waals surface area contributed by atoms with Crippen LogP contribution in [0, 0.1) is 0 Å². The van der Waals surface area contributed by atoms with Gasteiger partial charge in [0.2, 0.25) is 0 Å². The van der Waals surface area contributed by atoms with Crippen molar-refractivity contribution in [2.24, 2.45) is 0 Å². The fraction of sp³-hybridized carbons (Fsp3) is 0.0417. The predicted octanol–water partition coefficient (Wildman–Crippen LogP) is 5.83. The van der Waals surface area contributed by atoms with Crippen molar-refractivity contribution in [3.8, 4) is 5.75 Å². The van der Waals surface area contributed by atoms with Crippen molar-refractivity contribution in [3.05, 3.63) is 108 Å². The molecule has 0 spiro atoms. The summed E-state index contributed by atoms with van der Waals surface area (Å²) in [5.74, 6) is 0.817. The lowest BCUT2D eigenvalue weighted by Gasteiger charge is -2.10. The van der Waals surface area contributed by atoms with Gasteiger partial charge < -0.3 is 4.74 Å². The number of rotatable bonds is 4. The first-order valence-electron chi connectivity index (χ1n) is 8.60. The normalized spacial score (nSPS) is 10.5. The molecule has 126 valence electrons. The number of hydrogen-bond donors (Lipinski definition) is 0. The number of pyridine rings is 1. The molecule has 4 aromatic rings. The third kappa shape index (κ3) is 3.22. The SMILES string of the molecule is COc1ccc2c(C=C(c3ccccc3)c3ccccc3)ccnc2c1. The van der Waals surface area contributed by atoms with Gasteiger partial charge in [-0.2, -0.15) is 0 Å². The Labute approximate surface area is 153 Å².